The highest BCUT2D eigenvalue weighted by atomic mass is 19.4. The number of imidazole rings is 1. The Hall–Kier alpha value is -2.11. The van der Waals surface area contributed by atoms with E-state index < -0.39 is 53.3 Å². The molecule has 5 rings (SSSR count). The number of esters is 1. The van der Waals surface area contributed by atoms with E-state index in [1.165, 1.54) is 6.92 Å². The summed E-state index contributed by atoms with van der Waals surface area (Å²) in [5.41, 5.74) is -4.06. The zero-order valence-electron chi connectivity index (χ0n) is 20.7. The number of nitrogens with zero attached hydrogens (tertiary/aromatic N) is 2. The van der Waals surface area contributed by atoms with Crippen molar-refractivity contribution < 1.29 is 37.1 Å². The molecule has 3 fully saturated rings. The number of aromatic nitrogens is 2. The fraction of sp³-hybridized carbons (Fsp3) is 0.667. The summed E-state index contributed by atoms with van der Waals surface area (Å²) in [6.45, 7) is 10.3. The van der Waals surface area contributed by atoms with Crippen molar-refractivity contribution in [1.29, 1.82) is 0 Å². The molecule has 0 amide bonds. The first-order chi connectivity index (χ1) is 15.9. The fourth-order valence-corrected chi connectivity index (χ4v) is 5.16. The highest BCUT2D eigenvalue weighted by Gasteiger charge is 2.56. The quantitative estimate of drug-likeness (QED) is 0.512. The summed E-state index contributed by atoms with van der Waals surface area (Å²) in [6, 6.07) is 2.23. The molecule has 1 aromatic carbocycles. The summed E-state index contributed by atoms with van der Waals surface area (Å²) in [7, 11) is -0.994. The predicted octanol–water partition coefficient (Wildman–Crippen LogP) is 3.99. The van der Waals surface area contributed by atoms with Crippen molar-refractivity contribution in [1.82, 2.24) is 9.55 Å². The lowest BCUT2D eigenvalue weighted by molar-refractivity contribution is -0.150. The molecule has 2 heterocycles. The number of fused-ring (bicyclic) bond motifs is 1. The van der Waals surface area contributed by atoms with Gasteiger partial charge in [0, 0.05) is 13.0 Å². The van der Waals surface area contributed by atoms with E-state index in [0.29, 0.717) is 18.7 Å². The number of carbonyl (C=O) groups is 1. The molecule has 0 radical (unpaired) electrons. The van der Waals surface area contributed by atoms with Crippen LogP contribution in [0.5, 0.6) is 0 Å². The van der Waals surface area contributed by atoms with Crippen LogP contribution in [-0.4, -0.2) is 44.5 Å². The predicted molar refractivity (Wildman–Crippen MR) is 122 cm³/mol. The molecule has 3 aliphatic rings. The van der Waals surface area contributed by atoms with Gasteiger partial charge in [0.05, 0.1) is 33.4 Å². The van der Waals surface area contributed by atoms with Crippen LogP contribution in [0.2, 0.25) is 0 Å². The highest BCUT2D eigenvalue weighted by Crippen LogP contribution is 2.54. The Morgan fingerprint density at radius 3 is 2.17 bits per heavy atom. The monoisotopic (exact) mass is 494 g/mol. The molecule has 2 aliphatic carbocycles. The van der Waals surface area contributed by atoms with Crippen LogP contribution < -0.4 is 5.46 Å². The van der Waals surface area contributed by atoms with Gasteiger partial charge in [-0.3, -0.25) is 4.79 Å². The van der Waals surface area contributed by atoms with E-state index in [4.69, 9.17) is 14.0 Å². The second kappa shape index (κ2) is 7.23. The molecular weight excluding hydrogens is 464 g/mol. The number of carbonyl (C=O) groups excluding carboxylic acids is 1. The smallest absolute Gasteiger partial charge is 0.451 e. The molecule has 35 heavy (non-hydrogen) atoms. The van der Waals surface area contributed by atoms with Gasteiger partial charge in [0.25, 0.3) is 0 Å². The molecule has 1 aromatic heterocycles. The largest absolute Gasteiger partial charge is 0.494 e. The first-order valence-corrected chi connectivity index (χ1v) is 11.9. The van der Waals surface area contributed by atoms with Crippen molar-refractivity contribution in [2.45, 2.75) is 102 Å². The molecule has 190 valence electrons. The minimum atomic E-state index is -4.68. The number of hydrogen-bond acceptors (Lipinski definition) is 6. The first kappa shape index (κ1) is 24.6. The maximum atomic E-state index is 14.5. The van der Waals surface area contributed by atoms with Crippen LogP contribution in [0.15, 0.2) is 12.1 Å². The van der Waals surface area contributed by atoms with E-state index in [1.54, 1.807) is 17.6 Å². The maximum absolute atomic E-state index is 14.5. The van der Waals surface area contributed by atoms with Gasteiger partial charge < -0.3 is 23.7 Å². The highest BCUT2D eigenvalue weighted by molar-refractivity contribution is 6.62. The van der Waals surface area contributed by atoms with Crippen LogP contribution in [0.1, 0.15) is 84.7 Å². The Morgan fingerprint density at radius 1 is 1.14 bits per heavy atom. The van der Waals surface area contributed by atoms with Crippen molar-refractivity contribution in [2.75, 3.05) is 0 Å². The molecule has 2 saturated carbocycles. The molecular formula is C24H30BF3N2O5. The SMILES string of the molecule is CC(=O)OC1(c2nc3cc(B4OC(C)(C)C(C)(C)O4)cc(C(F)(F)F)c3n2C2CC(C)(O)C2)CC1. The minimum Gasteiger partial charge on any atom is -0.451 e. The molecule has 1 aliphatic heterocycles. The number of halogens is 3. The molecule has 0 unspecified atom stereocenters. The van der Waals surface area contributed by atoms with Crippen molar-refractivity contribution in [2.24, 2.45) is 0 Å². The Morgan fingerprint density at radius 2 is 1.71 bits per heavy atom. The van der Waals surface area contributed by atoms with Crippen molar-refractivity contribution >= 4 is 29.6 Å². The Labute approximate surface area is 202 Å². The van der Waals surface area contributed by atoms with Gasteiger partial charge in [-0.05, 0) is 77.9 Å². The molecule has 11 heteroatoms. The second-order valence-corrected chi connectivity index (χ2v) is 11.5. The van der Waals surface area contributed by atoms with Gasteiger partial charge in [-0.25, -0.2) is 4.98 Å². The Bertz CT molecular complexity index is 1190. The molecule has 2 aromatic rings. The van der Waals surface area contributed by atoms with E-state index in [0.717, 1.165) is 6.07 Å². The second-order valence-electron chi connectivity index (χ2n) is 11.5. The third-order valence-corrected chi connectivity index (χ3v) is 7.81. The molecule has 1 saturated heterocycles. The number of benzene rings is 1. The number of alkyl halides is 3. The van der Waals surface area contributed by atoms with Crippen LogP contribution in [-0.2, 0) is 30.6 Å². The summed E-state index contributed by atoms with van der Waals surface area (Å²) in [5.74, 6) is -0.226. The standard InChI is InChI=1S/C24H30BF3N2O5/c1-13(31)33-23(7-8-23)19-29-17-10-14(25-34-20(2,3)21(4,5)35-25)9-16(24(26,27)28)18(17)30(19)15-11-22(6,32)12-15/h9-10,15,32H,7-8,11-12H2,1-6H3. The lowest BCUT2D eigenvalue weighted by Crippen LogP contribution is -2.43. The summed E-state index contributed by atoms with van der Waals surface area (Å²) in [4.78, 5) is 16.4. The third-order valence-electron chi connectivity index (χ3n) is 7.81. The molecule has 0 bridgehead atoms. The van der Waals surface area contributed by atoms with Crippen LogP contribution in [0.25, 0.3) is 11.0 Å². The number of rotatable bonds is 4. The topological polar surface area (TPSA) is 82.8 Å². The summed E-state index contributed by atoms with van der Waals surface area (Å²) in [6.07, 6.45) is -3.18. The van der Waals surface area contributed by atoms with Gasteiger partial charge in [0.15, 0.2) is 11.4 Å². The van der Waals surface area contributed by atoms with Crippen LogP contribution in [0.4, 0.5) is 13.2 Å². The average Bonchev–Trinajstić information content (AvgIpc) is 3.26. The summed E-state index contributed by atoms with van der Waals surface area (Å²) in [5, 5.41) is 10.3. The first-order valence-electron chi connectivity index (χ1n) is 11.9. The van der Waals surface area contributed by atoms with Gasteiger partial charge in [-0.1, -0.05) is 0 Å². The molecule has 7 nitrogen and oxygen atoms in total. The van der Waals surface area contributed by atoms with Crippen LogP contribution in [0, 0.1) is 0 Å². The lowest BCUT2D eigenvalue weighted by Gasteiger charge is -2.43. The van der Waals surface area contributed by atoms with Crippen molar-refractivity contribution in [3.63, 3.8) is 0 Å². The molecule has 0 spiro atoms. The number of ether oxygens (including phenoxy) is 1. The van der Waals surface area contributed by atoms with E-state index in [-0.39, 0.29) is 29.3 Å². The lowest BCUT2D eigenvalue weighted by atomic mass is 9.76. The Balaban J connectivity index is 1.71. The summed E-state index contributed by atoms with van der Waals surface area (Å²) >= 11 is 0. The Kier molecular flexibility index (Phi) is 5.08. The van der Waals surface area contributed by atoms with Gasteiger partial charge in [0.1, 0.15) is 0 Å². The van der Waals surface area contributed by atoms with Gasteiger partial charge in [-0.15, -0.1) is 0 Å². The van der Waals surface area contributed by atoms with Crippen LogP contribution >= 0.6 is 0 Å². The van der Waals surface area contributed by atoms with E-state index in [9.17, 15) is 23.1 Å². The number of hydrogen-bond donors (Lipinski definition) is 1. The normalized spacial score (nSPS) is 28.7. The zero-order valence-corrected chi connectivity index (χ0v) is 20.7. The zero-order chi connectivity index (χ0) is 25.8. The van der Waals surface area contributed by atoms with E-state index in [1.807, 2.05) is 27.7 Å². The molecule has 0 atom stereocenters. The van der Waals surface area contributed by atoms with Crippen molar-refractivity contribution in [3.05, 3.63) is 23.5 Å². The third kappa shape index (κ3) is 3.96. The van der Waals surface area contributed by atoms with Crippen LogP contribution in [0.3, 0.4) is 0 Å². The van der Waals surface area contributed by atoms with Gasteiger partial charge >= 0.3 is 19.3 Å². The molecule has 1 N–H and O–H groups in total. The van der Waals surface area contributed by atoms with Gasteiger partial charge in [-0.2, -0.15) is 13.2 Å². The fourth-order valence-electron chi connectivity index (χ4n) is 5.16. The summed E-state index contributed by atoms with van der Waals surface area (Å²) < 4.78 is 62.6. The van der Waals surface area contributed by atoms with E-state index >= 15 is 0 Å². The number of aliphatic hydroxyl groups is 1. The maximum Gasteiger partial charge on any atom is 0.494 e. The average molecular weight is 494 g/mol. The van der Waals surface area contributed by atoms with E-state index in [2.05, 4.69) is 4.98 Å². The minimum absolute atomic E-state index is 0.0771. The van der Waals surface area contributed by atoms with Gasteiger partial charge in [0.2, 0.25) is 0 Å². The van der Waals surface area contributed by atoms with Crippen molar-refractivity contribution in [3.8, 4) is 0 Å².